The smallest absolute Gasteiger partial charge is 0.145 e. The summed E-state index contributed by atoms with van der Waals surface area (Å²) in [4.78, 5) is 0. The van der Waals surface area contributed by atoms with Crippen molar-refractivity contribution in [1.29, 1.82) is 10.5 Å². The SMILES string of the molecule is N#C/C(=C\c1ccc(-c2cccc(Cl)c2)o1)c1nn(-c2ccccc2)c(N)c1C#N. The molecule has 2 aromatic heterocycles. The summed E-state index contributed by atoms with van der Waals surface area (Å²) in [5.41, 5.74) is 8.13. The van der Waals surface area contributed by atoms with Crippen molar-refractivity contribution >= 4 is 29.1 Å². The number of allylic oxidation sites excluding steroid dienone is 1. The highest BCUT2D eigenvalue weighted by atomic mass is 35.5. The van der Waals surface area contributed by atoms with Crippen LogP contribution >= 0.6 is 11.6 Å². The van der Waals surface area contributed by atoms with Gasteiger partial charge < -0.3 is 10.2 Å². The first-order valence-corrected chi connectivity index (χ1v) is 9.30. The zero-order chi connectivity index (χ0) is 21.1. The number of nitriles is 2. The van der Waals surface area contributed by atoms with Crippen LogP contribution in [0.2, 0.25) is 5.02 Å². The van der Waals surface area contributed by atoms with E-state index in [0.29, 0.717) is 22.2 Å². The van der Waals surface area contributed by atoms with E-state index in [1.807, 2.05) is 48.5 Å². The van der Waals surface area contributed by atoms with Gasteiger partial charge in [-0.15, -0.1) is 0 Å². The van der Waals surface area contributed by atoms with Gasteiger partial charge in [-0.25, -0.2) is 4.68 Å². The molecule has 144 valence electrons. The van der Waals surface area contributed by atoms with E-state index in [0.717, 1.165) is 5.56 Å². The lowest BCUT2D eigenvalue weighted by Gasteiger charge is -2.02. The summed E-state index contributed by atoms with van der Waals surface area (Å²) in [6.45, 7) is 0. The predicted molar refractivity (Wildman–Crippen MR) is 115 cm³/mol. The van der Waals surface area contributed by atoms with Crippen LogP contribution in [0.4, 0.5) is 5.82 Å². The van der Waals surface area contributed by atoms with Crippen LogP contribution in [0.25, 0.3) is 28.7 Å². The van der Waals surface area contributed by atoms with E-state index in [1.165, 1.54) is 10.8 Å². The second kappa shape index (κ2) is 8.00. The third kappa shape index (κ3) is 3.56. The van der Waals surface area contributed by atoms with E-state index >= 15 is 0 Å². The first kappa shape index (κ1) is 19.1. The second-order valence-corrected chi connectivity index (χ2v) is 6.79. The molecule has 0 saturated carbocycles. The molecule has 30 heavy (non-hydrogen) atoms. The zero-order valence-electron chi connectivity index (χ0n) is 15.6. The molecule has 0 fully saturated rings. The molecule has 0 unspecified atom stereocenters. The highest BCUT2D eigenvalue weighted by Gasteiger charge is 2.20. The van der Waals surface area contributed by atoms with E-state index in [1.54, 1.807) is 24.3 Å². The standard InChI is InChI=1S/C23H14ClN5O/c24-17-6-4-5-15(11-17)21-10-9-19(30-21)12-16(13-25)22-20(14-26)23(27)29(28-22)18-7-2-1-3-8-18/h1-12H,27H2/b16-12+. The van der Waals surface area contributed by atoms with Crippen LogP contribution in [0, 0.1) is 22.7 Å². The van der Waals surface area contributed by atoms with Gasteiger partial charge in [0, 0.05) is 16.7 Å². The number of rotatable bonds is 4. The summed E-state index contributed by atoms with van der Waals surface area (Å²) >= 11 is 6.04. The van der Waals surface area contributed by atoms with Crippen molar-refractivity contribution < 1.29 is 4.42 Å². The predicted octanol–water partition coefficient (Wildman–Crippen LogP) is 5.30. The molecule has 6 nitrogen and oxygen atoms in total. The zero-order valence-corrected chi connectivity index (χ0v) is 16.3. The second-order valence-electron chi connectivity index (χ2n) is 6.35. The summed E-state index contributed by atoms with van der Waals surface area (Å²) < 4.78 is 7.28. The Morgan fingerprint density at radius 1 is 1.07 bits per heavy atom. The largest absolute Gasteiger partial charge is 0.457 e. The van der Waals surface area contributed by atoms with Gasteiger partial charge in [0.05, 0.1) is 11.3 Å². The monoisotopic (exact) mass is 411 g/mol. The number of benzene rings is 2. The highest BCUT2D eigenvalue weighted by Crippen LogP contribution is 2.29. The van der Waals surface area contributed by atoms with Crippen LogP contribution in [0.5, 0.6) is 0 Å². The number of hydrogen-bond donors (Lipinski definition) is 1. The van der Waals surface area contributed by atoms with Crippen LogP contribution < -0.4 is 5.73 Å². The van der Waals surface area contributed by atoms with Crippen molar-refractivity contribution in [2.75, 3.05) is 5.73 Å². The number of nitrogen functional groups attached to an aromatic ring is 1. The average molecular weight is 412 g/mol. The van der Waals surface area contributed by atoms with Crippen LogP contribution in [-0.4, -0.2) is 9.78 Å². The molecule has 0 aliphatic heterocycles. The Bertz CT molecular complexity index is 1340. The molecule has 0 amide bonds. The molecular weight excluding hydrogens is 398 g/mol. The lowest BCUT2D eigenvalue weighted by Crippen LogP contribution is -2.02. The number of para-hydroxylation sites is 1. The van der Waals surface area contributed by atoms with Gasteiger partial charge in [-0.2, -0.15) is 15.6 Å². The van der Waals surface area contributed by atoms with Crippen molar-refractivity contribution in [3.8, 4) is 29.1 Å². The molecule has 0 saturated heterocycles. The Morgan fingerprint density at radius 3 is 2.57 bits per heavy atom. The van der Waals surface area contributed by atoms with Crippen LogP contribution in [0.15, 0.2) is 71.1 Å². The Kier molecular flexibility index (Phi) is 5.09. The molecule has 0 aliphatic rings. The van der Waals surface area contributed by atoms with Crippen LogP contribution in [0.1, 0.15) is 17.0 Å². The van der Waals surface area contributed by atoms with Gasteiger partial charge in [0.1, 0.15) is 40.7 Å². The average Bonchev–Trinajstić information content (AvgIpc) is 3.37. The number of furan rings is 1. The highest BCUT2D eigenvalue weighted by molar-refractivity contribution is 6.30. The maximum Gasteiger partial charge on any atom is 0.145 e. The van der Waals surface area contributed by atoms with Gasteiger partial charge in [-0.1, -0.05) is 41.9 Å². The quantitative estimate of drug-likeness (QED) is 0.458. The first-order valence-electron chi connectivity index (χ1n) is 8.92. The molecule has 0 atom stereocenters. The minimum atomic E-state index is 0.133. The number of anilines is 1. The van der Waals surface area contributed by atoms with Gasteiger partial charge in [0.15, 0.2) is 0 Å². The molecule has 0 aliphatic carbocycles. The van der Waals surface area contributed by atoms with Crippen molar-refractivity contribution in [2.45, 2.75) is 0 Å². The van der Waals surface area contributed by atoms with Gasteiger partial charge in [-0.3, -0.25) is 0 Å². The van der Waals surface area contributed by atoms with Crippen LogP contribution in [0.3, 0.4) is 0 Å². The lowest BCUT2D eigenvalue weighted by molar-refractivity contribution is 0.572. The van der Waals surface area contributed by atoms with Crippen molar-refractivity contribution in [1.82, 2.24) is 9.78 Å². The van der Waals surface area contributed by atoms with Crippen molar-refractivity contribution in [3.63, 3.8) is 0 Å². The summed E-state index contributed by atoms with van der Waals surface area (Å²) in [6.07, 6.45) is 1.53. The van der Waals surface area contributed by atoms with E-state index in [2.05, 4.69) is 11.2 Å². The minimum Gasteiger partial charge on any atom is -0.457 e. The molecule has 2 heterocycles. The maximum absolute atomic E-state index is 9.71. The summed E-state index contributed by atoms with van der Waals surface area (Å²) in [6, 6.07) is 24.1. The Balaban J connectivity index is 1.76. The fraction of sp³-hybridized carbons (Fsp3) is 0. The fourth-order valence-corrected chi connectivity index (χ4v) is 3.21. The molecular formula is C23H14ClN5O. The molecule has 2 N–H and O–H groups in total. The third-order valence-electron chi connectivity index (χ3n) is 4.43. The number of aromatic nitrogens is 2. The molecule has 4 aromatic rings. The summed E-state index contributed by atoms with van der Waals surface area (Å²) in [5, 5.41) is 24.3. The minimum absolute atomic E-state index is 0.133. The maximum atomic E-state index is 9.71. The van der Waals surface area contributed by atoms with Crippen molar-refractivity contribution in [2.24, 2.45) is 0 Å². The van der Waals surface area contributed by atoms with Crippen molar-refractivity contribution in [3.05, 3.63) is 88.8 Å². The molecule has 0 spiro atoms. The molecule has 7 heteroatoms. The third-order valence-corrected chi connectivity index (χ3v) is 4.67. The van der Waals surface area contributed by atoms with Gasteiger partial charge in [0.25, 0.3) is 0 Å². The summed E-state index contributed by atoms with van der Waals surface area (Å²) in [7, 11) is 0. The van der Waals surface area contributed by atoms with E-state index in [9.17, 15) is 10.5 Å². The number of hydrogen-bond acceptors (Lipinski definition) is 5. The Hall–Kier alpha value is -4.26. The van der Waals surface area contributed by atoms with Gasteiger partial charge in [-0.05, 0) is 36.4 Å². The fourth-order valence-electron chi connectivity index (χ4n) is 3.02. The lowest BCUT2D eigenvalue weighted by atomic mass is 10.1. The number of halogens is 1. The van der Waals surface area contributed by atoms with Crippen LogP contribution in [-0.2, 0) is 0 Å². The topological polar surface area (TPSA) is 105 Å². The number of nitrogens with zero attached hydrogens (tertiary/aromatic N) is 4. The number of nitrogens with two attached hydrogens (primary N) is 1. The Morgan fingerprint density at radius 2 is 1.87 bits per heavy atom. The van der Waals surface area contributed by atoms with Gasteiger partial charge >= 0.3 is 0 Å². The Labute approximate surface area is 177 Å². The van der Waals surface area contributed by atoms with Gasteiger partial charge in [0.2, 0.25) is 0 Å². The van der Waals surface area contributed by atoms with E-state index in [4.69, 9.17) is 21.8 Å². The molecule has 0 bridgehead atoms. The molecule has 4 rings (SSSR count). The summed E-state index contributed by atoms with van der Waals surface area (Å²) in [5.74, 6) is 1.22. The normalized spacial score (nSPS) is 11.1. The molecule has 0 radical (unpaired) electrons. The molecule has 2 aromatic carbocycles. The van der Waals surface area contributed by atoms with E-state index < -0.39 is 0 Å². The van der Waals surface area contributed by atoms with E-state index in [-0.39, 0.29) is 22.6 Å². The first-order chi connectivity index (χ1) is 14.6.